The van der Waals surface area contributed by atoms with Gasteiger partial charge in [-0.05, 0) is 19.1 Å². The van der Waals surface area contributed by atoms with Crippen LogP contribution in [-0.4, -0.2) is 28.9 Å². The average molecular weight is 184 g/mol. The molecule has 74 valence electrons. The van der Waals surface area contributed by atoms with Crippen LogP contribution in [0.3, 0.4) is 0 Å². The van der Waals surface area contributed by atoms with Crippen LogP contribution in [-0.2, 0) is 0 Å². The summed E-state index contributed by atoms with van der Waals surface area (Å²) in [4.78, 5) is 0. The van der Waals surface area contributed by atoms with Crippen molar-refractivity contribution < 1.29 is 10.2 Å². The van der Waals surface area contributed by atoms with Gasteiger partial charge in [0, 0.05) is 18.7 Å². The molecule has 1 unspecified atom stereocenters. The Kier molecular flexibility index (Phi) is 2.95. The van der Waals surface area contributed by atoms with Crippen LogP contribution < -0.4 is 11.1 Å². The maximum absolute atomic E-state index is 9.59. The van der Waals surface area contributed by atoms with Gasteiger partial charge >= 0.3 is 0 Å². The molecule has 0 spiro atoms. The average Bonchev–Trinajstić information content (AvgIpc) is 2.09. The smallest absolute Gasteiger partial charge is 0.112 e. The number of aliphatic hydroxyl groups is 2. The first-order chi connectivity index (χ1) is 6.08. The molecule has 1 aliphatic rings. The normalized spacial score (nSPS) is 28.2. The zero-order valence-corrected chi connectivity index (χ0v) is 7.75. The molecule has 1 aliphatic carbocycles. The molecule has 0 amide bonds. The van der Waals surface area contributed by atoms with E-state index in [0.717, 1.165) is 5.70 Å². The standard InChI is InChI=1S/C9H16N2O2/c1-9(11-4-5-12)6-7(10)2-3-8(9)13/h2-3,11-13H,4-6,10H2,1H3. The zero-order valence-electron chi connectivity index (χ0n) is 7.75. The molecule has 0 aliphatic heterocycles. The van der Waals surface area contributed by atoms with Gasteiger partial charge in [-0.3, -0.25) is 0 Å². The fourth-order valence-corrected chi connectivity index (χ4v) is 1.41. The third-order valence-corrected chi connectivity index (χ3v) is 2.21. The van der Waals surface area contributed by atoms with E-state index in [4.69, 9.17) is 10.8 Å². The summed E-state index contributed by atoms with van der Waals surface area (Å²) < 4.78 is 0. The number of nitrogens with one attached hydrogen (secondary N) is 1. The SMILES string of the molecule is CC1(NCCO)CC(N)=CC=C1O. The lowest BCUT2D eigenvalue weighted by molar-refractivity contribution is 0.228. The predicted molar refractivity (Wildman–Crippen MR) is 51.1 cm³/mol. The number of aliphatic hydroxyl groups excluding tert-OH is 2. The first kappa shape index (κ1) is 10.1. The number of nitrogens with two attached hydrogens (primary N) is 1. The summed E-state index contributed by atoms with van der Waals surface area (Å²) in [5.41, 5.74) is 5.85. The van der Waals surface area contributed by atoms with Crippen LogP contribution in [0.15, 0.2) is 23.6 Å². The number of hydrogen-bond acceptors (Lipinski definition) is 4. The Morgan fingerprint density at radius 3 is 2.92 bits per heavy atom. The van der Waals surface area contributed by atoms with Crippen LogP contribution in [0.25, 0.3) is 0 Å². The lowest BCUT2D eigenvalue weighted by Gasteiger charge is -2.32. The molecule has 0 aromatic heterocycles. The van der Waals surface area contributed by atoms with Crippen LogP contribution in [0.1, 0.15) is 13.3 Å². The van der Waals surface area contributed by atoms with Crippen LogP contribution in [0.2, 0.25) is 0 Å². The summed E-state index contributed by atoms with van der Waals surface area (Å²) in [6.45, 7) is 2.35. The molecule has 0 aromatic carbocycles. The van der Waals surface area contributed by atoms with Gasteiger partial charge in [0.2, 0.25) is 0 Å². The van der Waals surface area contributed by atoms with Gasteiger partial charge in [0.1, 0.15) is 5.76 Å². The summed E-state index contributed by atoms with van der Waals surface area (Å²) >= 11 is 0. The van der Waals surface area contributed by atoms with Crippen molar-refractivity contribution in [3.05, 3.63) is 23.6 Å². The van der Waals surface area contributed by atoms with Gasteiger partial charge in [-0.1, -0.05) is 0 Å². The van der Waals surface area contributed by atoms with Crippen molar-refractivity contribution in [2.24, 2.45) is 5.73 Å². The van der Waals surface area contributed by atoms with E-state index in [1.807, 2.05) is 6.92 Å². The Morgan fingerprint density at radius 1 is 1.62 bits per heavy atom. The highest BCUT2D eigenvalue weighted by Crippen LogP contribution is 2.25. The maximum Gasteiger partial charge on any atom is 0.112 e. The minimum Gasteiger partial charge on any atom is -0.510 e. The molecule has 0 saturated heterocycles. The molecule has 1 rings (SSSR count). The van der Waals surface area contributed by atoms with E-state index in [1.54, 1.807) is 12.2 Å². The van der Waals surface area contributed by atoms with Crippen LogP contribution in [0.5, 0.6) is 0 Å². The van der Waals surface area contributed by atoms with Crippen molar-refractivity contribution in [1.82, 2.24) is 5.32 Å². The van der Waals surface area contributed by atoms with E-state index < -0.39 is 5.54 Å². The maximum atomic E-state index is 9.59. The Labute approximate surface area is 77.8 Å². The number of hydrogen-bond donors (Lipinski definition) is 4. The summed E-state index contributed by atoms with van der Waals surface area (Å²) in [7, 11) is 0. The lowest BCUT2D eigenvalue weighted by atomic mass is 9.89. The molecular formula is C9H16N2O2. The van der Waals surface area contributed by atoms with Crippen LogP contribution in [0, 0.1) is 0 Å². The Bertz CT molecular complexity index is 248. The van der Waals surface area contributed by atoms with Gasteiger partial charge in [0.05, 0.1) is 12.1 Å². The monoisotopic (exact) mass is 184 g/mol. The van der Waals surface area contributed by atoms with Crippen LogP contribution >= 0.6 is 0 Å². The highest BCUT2D eigenvalue weighted by molar-refractivity contribution is 5.28. The molecule has 1 atom stereocenters. The van der Waals surface area contributed by atoms with Gasteiger partial charge < -0.3 is 21.3 Å². The molecule has 0 fully saturated rings. The van der Waals surface area contributed by atoms with Crippen molar-refractivity contribution in [2.45, 2.75) is 18.9 Å². The Balaban J connectivity index is 2.69. The summed E-state index contributed by atoms with van der Waals surface area (Å²) in [6, 6.07) is 0. The first-order valence-electron chi connectivity index (χ1n) is 4.30. The molecule has 4 nitrogen and oxygen atoms in total. The fraction of sp³-hybridized carbons (Fsp3) is 0.556. The highest BCUT2D eigenvalue weighted by Gasteiger charge is 2.30. The van der Waals surface area contributed by atoms with E-state index in [-0.39, 0.29) is 12.4 Å². The predicted octanol–water partition coefficient (Wildman–Crippen LogP) is 0.0152. The van der Waals surface area contributed by atoms with Gasteiger partial charge in [-0.25, -0.2) is 0 Å². The van der Waals surface area contributed by atoms with Crippen molar-refractivity contribution >= 4 is 0 Å². The van der Waals surface area contributed by atoms with Gasteiger partial charge in [-0.2, -0.15) is 0 Å². The van der Waals surface area contributed by atoms with Crippen molar-refractivity contribution in [3.63, 3.8) is 0 Å². The third-order valence-electron chi connectivity index (χ3n) is 2.21. The van der Waals surface area contributed by atoms with Gasteiger partial charge in [-0.15, -0.1) is 0 Å². The number of allylic oxidation sites excluding steroid dienone is 2. The molecule has 0 heterocycles. The highest BCUT2D eigenvalue weighted by atomic mass is 16.3. The molecule has 0 saturated carbocycles. The van der Waals surface area contributed by atoms with E-state index in [9.17, 15) is 5.11 Å². The topological polar surface area (TPSA) is 78.5 Å². The summed E-state index contributed by atoms with van der Waals surface area (Å²) in [5, 5.41) is 21.3. The Morgan fingerprint density at radius 2 is 2.31 bits per heavy atom. The number of rotatable bonds is 3. The fourth-order valence-electron chi connectivity index (χ4n) is 1.41. The van der Waals surface area contributed by atoms with Crippen LogP contribution in [0.4, 0.5) is 0 Å². The van der Waals surface area contributed by atoms with Gasteiger partial charge in [0.15, 0.2) is 0 Å². The second kappa shape index (κ2) is 3.81. The van der Waals surface area contributed by atoms with E-state index in [1.165, 1.54) is 0 Å². The number of β-amino-alcohol motifs (C(OH)–C–C–N with tert-alkyl or cyclic N) is 1. The largest absolute Gasteiger partial charge is 0.510 e. The Hall–Kier alpha value is -1.00. The molecule has 0 bridgehead atoms. The lowest BCUT2D eigenvalue weighted by Crippen LogP contribution is -2.47. The van der Waals surface area contributed by atoms with Crippen molar-refractivity contribution in [2.75, 3.05) is 13.2 Å². The minimum absolute atomic E-state index is 0.0481. The summed E-state index contributed by atoms with van der Waals surface area (Å²) in [5.74, 6) is 0.259. The second-order valence-corrected chi connectivity index (χ2v) is 3.45. The van der Waals surface area contributed by atoms with Crippen molar-refractivity contribution in [3.8, 4) is 0 Å². The van der Waals surface area contributed by atoms with E-state index in [2.05, 4.69) is 5.32 Å². The quantitative estimate of drug-likeness (QED) is 0.498. The molecule has 13 heavy (non-hydrogen) atoms. The minimum atomic E-state index is -0.526. The molecule has 0 radical (unpaired) electrons. The molecule has 4 heteroatoms. The third kappa shape index (κ3) is 2.23. The molecule has 5 N–H and O–H groups in total. The second-order valence-electron chi connectivity index (χ2n) is 3.45. The van der Waals surface area contributed by atoms with Crippen molar-refractivity contribution in [1.29, 1.82) is 0 Å². The molecular weight excluding hydrogens is 168 g/mol. The van der Waals surface area contributed by atoms with E-state index in [0.29, 0.717) is 13.0 Å². The summed E-state index contributed by atoms with van der Waals surface area (Å²) in [6.07, 6.45) is 3.84. The first-order valence-corrected chi connectivity index (χ1v) is 4.30. The van der Waals surface area contributed by atoms with E-state index >= 15 is 0 Å². The van der Waals surface area contributed by atoms with Gasteiger partial charge in [0.25, 0.3) is 0 Å². The molecule has 0 aromatic rings. The zero-order chi connectivity index (χ0) is 9.90.